The summed E-state index contributed by atoms with van der Waals surface area (Å²) in [7, 11) is 0. The molecular formula is C16H24FN3O2. The van der Waals surface area contributed by atoms with E-state index >= 15 is 0 Å². The number of carbonyl (C=O) groups is 2. The molecule has 5 nitrogen and oxygen atoms in total. The zero-order valence-electron chi connectivity index (χ0n) is 13.5. The van der Waals surface area contributed by atoms with Gasteiger partial charge in [0.25, 0.3) is 5.91 Å². The van der Waals surface area contributed by atoms with Crippen molar-refractivity contribution in [2.45, 2.75) is 33.7 Å². The zero-order chi connectivity index (χ0) is 16.9. The van der Waals surface area contributed by atoms with Crippen LogP contribution in [-0.4, -0.2) is 30.9 Å². The molecule has 122 valence electrons. The lowest BCUT2D eigenvalue weighted by Crippen LogP contribution is -2.49. The van der Waals surface area contributed by atoms with Crippen LogP contribution in [0.4, 0.5) is 4.39 Å². The topological polar surface area (TPSA) is 84.2 Å². The first-order valence-corrected chi connectivity index (χ1v) is 7.20. The first kappa shape index (κ1) is 18.1. The number of nitrogens with one attached hydrogen (secondary N) is 2. The first-order valence-electron chi connectivity index (χ1n) is 7.20. The quantitative estimate of drug-likeness (QED) is 0.718. The van der Waals surface area contributed by atoms with Gasteiger partial charge in [-0.15, -0.1) is 0 Å². The Hall–Kier alpha value is -1.95. The Labute approximate surface area is 130 Å². The van der Waals surface area contributed by atoms with Gasteiger partial charge >= 0.3 is 0 Å². The smallest absolute Gasteiger partial charge is 0.251 e. The molecule has 0 radical (unpaired) electrons. The van der Waals surface area contributed by atoms with Crippen molar-refractivity contribution < 1.29 is 14.0 Å². The van der Waals surface area contributed by atoms with E-state index in [1.54, 1.807) is 19.1 Å². The lowest BCUT2D eigenvalue weighted by atomic mass is 9.87. The maximum absolute atomic E-state index is 13.4. The minimum Gasteiger partial charge on any atom is -0.353 e. The molecule has 0 spiro atoms. The van der Waals surface area contributed by atoms with Crippen molar-refractivity contribution in [1.82, 2.24) is 10.6 Å². The van der Waals surface area contributed by atoms with E-state index < -0.39 is 11.9 Å². The molecule has 1 atom stereocenters. The summed E-state index contributed by atoms with van der Waals surface area (Å²) in [4.78, 5) is 23.6. The second kappa shape index (κ2) is 7.35. The van der Waals surface area contributed by atoms with Crippen molar-refractivity contribution in [3.05, 3.63) is 35.1 Å². The van der Waals surface area contributed by atoms with Crippen LogP contribution < -0.4 is 16.4 Å². The van der Waals surface area contributed by atoms with Crippen LogP contribution in [0.2, 0.25) is 0 Å². The molecule has 0 unspecified atom stereocenters. The molecule has 4 N–H and O–H groups in total. The Morgan fingerprint density at radius 3 is 2.36 bits per heavy atom. The van der Waals surface area contributed by atoms with Crippen LogP contribution in [0, 0.1) is 18.2 Å². The molecule has 1 aromatic rings. The number of nitrogens with two attached hydrogens (primary N) is 1. The second-order valence-electron chi connectivity index (χ2n) is 6.35. The molecule has 2 amide bonds. The van der Waals surface area contributed by atoms with Crippen molar-refractivity contribution in [2.24, 2.45) is 11.1 Å². The predicted molar refractivity (Wildman–Crippen MR) is 83.9 cm³/mol. The first-order chi connectivity index (χ1) is 10.1. The molecule has 0 saturated heterocycles. The van der Waals surface area contributed by atoms with Crippen LogP contribution in [0.25, 0.3) is 0 Å². The molecule has 0 aliphatic rings. The van der Waals surface area contributed by atoms with Gasteiger partial charge in [0.1, 0.15) is 5.82 Å². The third kappa shape index (κ3) is 5.11. The summed E-state index contributed by atoms with van der Waals surface area (Å²) in [5, 5.41) is 5.28. The number of aryl methyl sites for hydroxylation is 1. The van der Waals surface area contributed by atoms with E-state index in [4.69, 9.17) is 5.73 Å². The SMILES string of the molecule is Cc1ccc(C(=O)NCCNC(=O)[C@@H](N)C(C)(C)C)cc1F. The highest BCUT2D eigenvalue weighted by Crippen LogP contribution is 2.16. The van der Waals surface area contributed by atoms with E-state index in [9.17, 15) is 14.0 Å². The third-order valence-corrected chi connectivity index (χ3v) is 3.36. The summed E-state index contributed by atoms with van der Waals surface area (Å²) >= 11 is 0. The van der Waals surface area contributed by atoms with Gasteiger partial charge in [0.2, 0.25) is 5.91 Å². The average molecular weight is 309 g/mol. The highest BCUT2D eigenvalue weighted by atomic mass is 19.1. The van der Waals surface area contributed by atoms with E-state index in [-0.39, 0.29) is 35.9 Å². The van der Waals surface area contributed by atoms with Crippen molar-refractivity contribution in [3.8, 4) is 0 Å². The van der Waals surface area contributed by atoms with Gasteiger partial charge in [0.05, 0.1) is 6.04 Å². The lowest BCUT2D eigenvalue weighted by Gasteiger charge is -2.25. The molecule has 0 fully saturated rings. The Kier molecular flexibility index (Phi) is 6.05. The fraction of sp³-hybridized carbons (Fsp3) is 0.500. The van der Waals surface area contributed by atoms with E-state index in [1.807, 2.05) is 20.8 Å². The van der Waals surface area contributed by atoms with Crippen LogP contribution in [-0.2, 0) is 4.79 Å². The number of hydrogen-bond acceptors (Lipinski definition) is 3. The average Bonchev–Trinajstić information content (AvgIpc) is 2.44. The summed E-state index contributed by atoms with van der Waals surface area (Å²) in [5.74, 6) is -1.06. The minimum absolute atomic E-state index is 0.247. The van der Waals surface area contributed by atoms with Gasteiger partial charge in [0.15, 0.2) is 0 Å². The molecule has 0 aliphatic heterocycles. The Morgan fingerprint density at radius 2 is 1.82 bits per heavy atom. The molecule has 1 rings (SSSR count). The monoisotopic (exact) mass is 309 g/mol. The third-order valence-electron chi connectivity index (χ3n) is 3.36. The van der Waals surface area contributed by atoms with E-state index in [1.165, 1.54) is 6.07 Å². The van der Waals surface area contributed by atoms with Crippen molar-refractivity contribution in [2.75, 3.05) is 13.1 Å². The molecule has 0 aromatic heterocycles. The fourth-order valence-electron chi connectivity index (χ4n) is 1.70. The summed E-state index contributed by atoms with van der Waals surface area (Å²) < 4.78 is 13.4. The van der Waals surface area contributed by atoms with Crippen LogP contribution >= 0.6 is 0 Å². The number of carbonyl (C=O) groups excluding carboxylic acids is 2. The van der Waals surface area contributed by atoms with Gasteiger partial charge in [-0.2, -0.15) is 0 Å². The predicted octanol–water partition coefficient (Wildman–Crippen LogP) is 1.35. The summed E-state index contributed by atoms with van der Waals surface area (Å²) in [6.07, 6.45) is 0. The van der Waals surface area contributed by atoms with Gasteiger partial charge < -0.3 is 16.4 Å². The lowest BCUT2D eigenvalue weighted by molar-refractivity contribution is -0.124. The normalized spacial score (nSPS) is 12.6. The Balaban J connectivity index is 2.40. The summed E-state index contributed by atoms with van der Waals surface area (Å²) in [6, 6.07) is 3.68. The maximum Gasteiger partial charge on any atom is 0.251 e. The highest BCUT2D eigenvalue weighted by molar-refractivity contribution is 5.94. The Morgan fingerprint density at radius 1 is 1.23 bits per heavy atom. The minimum atomic E-state index is -0.616. The van der Waals surface area contributed by atoms with Crippen molar-refractivity contribution >= 4 is 11.8 Å². The van der Waals surface area contributed by atoms with Gasteiger partial charge in [-0.1, -0.05) is 26.8 Å². The molecule has 0 saturated carbocycles. The van der Waals surface area contributed by atoms with Crippen molar-refractivity contribution in [3.63, 3.8) is 0 Å². The van der Waals surface area contributed by atoms with Crippen molar-refractivity contribution in [1.29, 1.82) is 0 Å². The number of benzene rings is 1. The number of amides is 2. The number of hydrogen-bond donors (Lipinski definition) is 3. The number of rotatable bonds is 5. The van der Waals surface area contributed by atoms with Gasteiger partial charge in [-0.25, -0.2) is 4.39 Å². The number of halogens is 1. The van der Waals surface area contributed by atoms with Crippen LogP contribution in [0.15, 0.2) is 18.2 Å². The van der Waals surface area contributed by atoms with E-state index in [0.29, 0.717) is 5.56 Å². The molecular weight excluding hydrogens is 285 g/mol. The van der Waals surface area contributed by atoms with Crippen LogP contribution in [0.3, 0.4) is 0 Å². The zero-order valence-corrected chi connectivity index (χ0v) is 13.5. The molecule has 22 heavy (non-hydrogen) atoms. The fourth-order valence-corrected chi connectivity index (χ4v) is 1.70. The van der Waals surface area contributed by atoms with Gasteiger partial charge in [0, 0.05) is 18.7 Å². The molecule has 1 aromatic carbocycles. The maximum atomic E-state index is 13.4. The van der Waals surface area contributed by atoms with Crippen LogP contribution in [0.1, 0.15) is 36.7 Å². The summed E-state index contributed by atoms with van der Waals surface area (Å²) in [6.45, 7) is 7.78. The molecule has 0 aliphatic carbocycles. The highest BCUT2D eigenvalue weighted by Gasteiger charge is 2.26. The summed E-state index contributed by atoms with van der Waals surface area (Å²) in [5.41, 5.74) is 6.23. The van der Waals surface area contributed by atoms with Gasteiger partial charge in [-0.05, 0) is 30.0 Å². The van der Waals surface area contributed by atoms with E-state index in [2.05, 4.69) is 10.6 Å². The molecule has 0 bridgehead atoms. The Bertz CT molecular complexity index is 553. The van der Waals surface area contributed by atoms with Crippen LogP contribution in [0.5, 0.6) is 0 Å². The standard InChI is InChI=1S/C16H24FN3O2/c1-10-5-6-11(9-12(10)17)14(21)19-7-8-20-15(22)13(18)16(2,3)4/h5-6,9,13H,7-8,18H2,1-4H3,(H,19,21)(H,20,22)/t13-/m1/s1. The largest absolute Gasteiger partial charge is 0.353 e. The van der Waals surface area contributed by atoms with E-state index in [0.717, 1.165) is 0 Å². The second-order valence-corrected chi connectivity index (χ2v) is 6.35. The molecule has 6 heteroatoms. The van der Waals surface area contributed by atoms with Gasteiger partial charge in [-0.3, -0.25) is 9.59 Å². The molecule has 0 heterocycles.